The van der Waals surface area contributed by atoms with Gasteiger partial charge in [-0.3, -0.25) is 0 Å². The number of aliphatic hydroxyl groups is 1. The van der Waals surface area contributed by atoms with Gasteiger partial charge in [0.2, 0.25) is 0 Å². The average molecular weight is 270 g/mol. The van der Waals surface area contributed by atoms with E-state index in [9.17, 15) is 14.3 Å². The number of carbonyl (C=O) groups is 1. The molecule has 6 heteroatoms. The first kappa shape index (κ1) is 15.4. The van der Waals surface area contributed by atoms with Gasteiger partial charge in [0.25, 0.3) is 0 Å². The Bertz CT molecular complexity index is 461. The lowest BCUT2D eigenvalue weighted by molar-refractivity contribution is 0.0512. The van der Waals surface area contributed by atoms with Crippen molar-refractivity contribution in [3.8, 4) is 0 Å². The van der Waals surface area contributed by atoms with Crippen molar-refractivity contribution >= 4 is 11.8 Å². The molecule has 1 unspecified atom stereocenters. The second kappa shape index (κ2) is 5.97. The summed E-state index contributed by atoms with van der Waals surface area (Å²) in [7, 11) is 0. The van der Waals surface area contributed by atoms with Crippen molar-refractivity contribution in [2.45, 2.75) is 32.8 Å². The van der Waals surface area contributed by atoms with Crippen molar-refractivity contribution in [2.24, 2.45) is 5.92 Å². The number of hydrogen-bond acceptors (Lipinski definition) is 4. The molecule has 1 aromatic rings. The Morgan fingerprint density at radius 2 is 2.21 bits per heavy atom. The smallest absolute Gasteiger partial charge is 0.339 e. The van der Waals surface area contributed by atoms with Crippen LogP contribution in [0.1, 0.15) is 37.6 Å². The second-order valence-corrected chi connectivity index (χ2v) is 5.30. The van der Waals surface area contributed by atoms with Crippen molar-refractivity contribution in [2.75, 3.05) is 11.9 Å². The normalized spacial score (nSPS) is 14.2. The Morgan fingerprint density at radius 1 is 1.58 bits per heavy atom. The number of nitrogens with one attached hydrogen (secondary N) is 1. The molecule has 0 fully saturated rings. The molecule has 0 radical (unpaired) electrons. The lowest BCUT2D eigenvalue weighted by atomic mass is 9.94. The fraction of sp³-hybridized carbons (Fsp3) is 0.538. The molecular weight excluding hydrogens is 251 g/mol. The van der Waals surface area contributed by atoms with Gasteiger partial charge >= 0.3 is 5.97 Å². The molecule has 5 nitrogen and oxygen atoms in total. The summed E-state index contributed by atoms with van der Waals surface area (Å²) in [6.45, 7) is 5.76. The highest BCUT2D eigenvalue weighted by molar-refractivity contribution is 5.93. The van der Waals surface area contributed by atoms with Crippen molar-refractivity contribution in [1.29, 1.82) is 0 Å². The van der Waals surface area contributed by atoms with E-state index in [-0.39, 0.29) is 17.9 Å². The van der Waals surface area contributed by atoms with E-state index in [1.165, 1.54) is 0 Å². The Labute approximate surface area is 111 Å². The minimum absolute atomic E-state index is 0.0536. The van der Waals surface area contributed by atoms with Crippen molar-refractivity contribution < 1.29 is 19.4 Å². The van der Waals surface area contributed by atoms with Crippen molar-refractivity contribution in [1.82, 2.24) is 4.98 Å². The zero-order valence-corrected chi connectivity index (χ0v) is 11.3. The maximum Gasteiger partial charge on any atom is 0.339 e. The summed E-state index contributed by atoms with van der Waals surface area (Å²) in [5, 5.41) is 21.8. The largest absolute Gasteiger partial charge is 0.478 e. The summed E-state index contributed by atoms with van der Waals surface area (Å²) in [6, 6.07) is 0.898. The molecule has 0 amide bonds. The maximum atomic E-state index is 13.0. The minimum Gasteiger partial charge on any atom is -0.478 e. The number of anilines is 1. The molecule has 0 spiro atoms. The predicted octanol–water partition coefficient (Wildman–Crippen LogP) is 2.13. The summed E-state index contributed by atoms with van der Waals surface area (Å²) in [5.41, 5.74) is -1.24. The summed E-state index contributed by atoms with van der Waals surface area (Å²) < 4.78 is 13.0. The highest BCUT2D eigenvalue weighted by atomic mass is 19.1. The number of nitrogens with zero attached hydrogens (tertiary/aromatic N) is 1. The Balaban J connectivity index is 2.80. The van der Waals surface area contributed by atoms with Crippen molar-refractivity contribution in [3.63, 3.8) is 0 Å². The molecule has 19 heavy (non-hydrogen) atoms. The van der Waals surface area contributed by atoms with E-state index in [1.807, 2.05) is 13.8 Å². The molecular formula is C13H19FN2O3. The number of aromatic carboxylic acids is 1. The fourth-order valence-electron chi connectivity index (χ4n) is 1.97. The molecule has 0 saturated heterocycles. The third-order valence-corrected chi connectivity index (χ3v) is 2.57. The average Bonchev–Trinajstić information content (AvgIpc) is 2.25. The fourth-order valence-corrected chi connectivity index (χ4v) is 1.97. The monoisotopic (exact) mass is 270 g/mol. The van der Waals surface area contributed by atoms with E-state index in [4.69, 9.17) is 5.11 Å². The van der Waals surface area contributed by atoms with Gasteiger partial charge in [-0.05, 0) is 25.3 Å². The summed E-state index contributed by atoms with van der Waals surface area (Å²) in [4.78, 5) is 14.7. The Hall–Kier alpha value is -1.69. The summed E-state index contributed by atoms with van der Waals surface area (Å²) >= 11 is 0. The van der Waals surface area contributed by atoms with Gasteiger partial charge in [-0.15, -0.1) is 0 Å². The molecule has 3 N–H and O–H groups in total. The van der Waals surface area contributed by atoms with Crippen LogP contribution in [0.25, 0.3) is 0 Å². The van der Waals surface area contributed by atoms with Gasteiger partial charge < -0.3 is 15.5 Å². The number of aromatic nitrogens is 1. The van der Waals surface area contributed by atoms with Gasteiger partial charge in [-0.25, -0.2) is 14.2 Å². The van der Waals surface area contributed by atoms with Gasteiger partial charge in [-0.1, -0.05) is 13.8 Å². The quantitative estimate of drug-likeness (QED) is 0.737. The van der Waals surface area contributed by atoms with Crippen LogP contribution in [-0.4, -0.2) is 33.3 Å². The van der Waals surface area contributed by atoms with Gasteiger partial charge in [-0.2, -0.15) is 0 Å². The van der Waals surface area contributed by atoms with Crippen LogP contribution < -0.4 is 5.32 Å². The lowest BCUT2D eigenvalue weighted by Gasteiger charge is -2.26. The van der Waals surface area contributed by atoms with Gasteiger partial charge in [0, 0.05) is 6.54 Å². The molecule has 0 aliphatic heterocycles. The number of pyridine rings is 1. The van der Waals surface area contributed by atoms with Crippen LogP contribution in [-0.2, 0) is 0 Å². The van der Waals surface area contributed by atoms with E-state index in [0.29, 0.717) is 12.3 Å². The molecule has 1 rings (SSSR count). The topological polar surface area (TPSA) is 82.5 Å². The van der Waals surface area contributed by atoms with Crippen LogP contribution in [0.3, 0.4) is 0 Å². The first-order valence-electron chi connectivity index (χ1n) is 6.06. The third kappa shape index (κ3) is 4.82. The van der Waals surface area contributed by atoms with Gasteiger partial charge in [0.05, 0.1) is 11.8 Å². The molecule has 1 atom stereocenters. The summed E-state index contributed by atoms with van der Waals surface area (Å²) in [5.74, 6) is -1.62. The van der Waals surface area contributed by atoms with Crippen LogP contribution in [0.4, 0.5) is 10.2 Å². The van der Waals surface area contributed by atoms with E-state index in [0.717, 1.165) is 12.3 Å². The van der Waals surface area contributed by atoms with E-state index in [1.54, 1.807) is 6.92 Å². The maximum absolute atomic E-state index is 13.0. The van der Waals surface area contributed by atoms with E-state index in [2.05, 4.69) is 10.3 Å². The third-order valence-electron chi connectivity index (χ3n) is 2.57. The number of hydrogen-bond donors (Lipinski definition) is 3. The standard InChI is InChI=1S/C13H19FN2O3/c1-8(2)5-13(3,19)7-16-11-10(12(17)18)4-9(14)6-15-11/h4,6,8,19H,5,7H2,1-3H3,(H,15,16)(H,17,18). The molecule has 1 aromatic heterocycles. The van der Waals surface area contributed by atoms with E-state index < -0.39 is 17.4 Å². The minimum atomic E-state index is -1.27. The van der Waals surface area contributed by atoms with Crippen molar-refractivity contribution in [3.05, 3.63) is 23.6 Å². The zero-order chi connectivity index (χ0) is 14.6. The van der Waals surface area contributed by atoms with Crippen LogP contribution >= 0.6 is 0 Å². The molecule has 0 aromatic carbocycles. The number of halogens is 1. The van der Waals surface area contributed by atoms with Crippen LogP contribution in [0.5, 0.6) is 0 Å². The van der Waals surface area contributed by atoms with E-state index >= 15 is 0 Å². The Morgan fingerprint density at radius 3 is 2.74 bits per heavy atom. The molecule has 0 aliphatic carbocycles. The van der Waals surface area contributed by atoms with Crippen LogP contribution in [0.15, 0.2) is 12.3 Å². The molecule has 0 bridgehead atoms. The number of rotatable bonds is 6. The van der Waals surface area contributed by atoms with Crippen LogP contribution in [0, 0.1) is 11.7 Å². The molecule has 0 saturated carbocycles. The Kier molecular flexibility index (Phi) is 4.83. The first-order chi connectivity index (χ1) is 8.71. The zero-order valence-electron chi connectivity index (χ0n) is 11.3. The van der Waals surface area contributed by atoms with Gasteiger partial charge in [0.1, 0.15) is 17.2 Å². The SMILES string of the molecule is CC(C)CC(C)(O)CNc1ncc(F)cc1C(=O)O. The highest BCUT2D eigenvalue weighted by Gasteiger charge is 2.23. The lowest BCUT2D eigenvalue weighted by Crippen LogP contribution is -2.35. The predicted molar refractivity (Wildman–Crippen MR) is 69.7 cm³/mol. The van der Waals surface area contributed by atoms with Gasteiger partial charge in [0.15, 0.2) is 0 Å². The highest BCUT2D eigenvalue weighted by Crippen LogP contribution is 2.19. The molecule has 106 valence electrons. The molecule has 1 heterocycles. The second-order valence-electron chi connectivity index (χ2n) is 5.30. The van der Waals surface area contributed by atoms with Crippen LogP contribution in [0.2, 0.25) is 0 Å². The first-order valence-corrected chi connectivity index (χ1v) is 6.06. The summed E-state index contributed by atoms with van der Waals surface area (Å²) in [6.07, 6.45) is 1.50. The molecule has 0 aliphatic rings. The number of carboxylic acids is 1. The number of carboxylic acid groups (broad SMARTS) is 1.